The lowest BCUT2D eigenvalue weighted by atomic mass is 10.1. The van der Waals surface area contributed by atoms with Crippen molar-refractivity contribution < 1.29 is 14.7 Å². The fourth-order valence-corrected chi connectivity index (χ4v) is 3.04. The third-order valence-corrected chi connectivity index (χ3v) is 4.42. The Balaban J connectivity index is 1.53. The molecule has 0 saturated heterocycles. The van der Waals surface area contributed by atoms with Crippen LogP contribution < -0.4 is 5.32 Å². The lowest BCUT2D eigenvalue weighted by Crippen LogP contribution is -2.34. The summed E-state index contributed by atoms with van der Waals surface area (Å²) in [7, 11) is 0. The van der Waals surface area contributed by atoms with Crippen LogP contribution in [0.5, 0.6) is 0 Å². The molecule has 0 fully saturated rings. The molecule has 0 aliphatic carbocycles. The summed E-state index contributed by atoms with van der Waals surface area (Å²) in [6.07, 6.45) is 3.08. The highest BCUT2D eigenvalue weighted by Crippen LogP contribution is 2.25. The monoisotopic (exact) mass is 359 g/mol. The zero-order valence-electron chi connectivity index (χ0n) is 14.4. The van der Waals surface area contributed by atoms with Gasteiger partial charge in [-0.1, -0.05) is 30.3 Å². The van der Waals surface area contributed by atoms with Crippen molar-refractivity contribution in [2.75, 3.05) is 18.5 Å². The summed E-state index contributed by atoms with van der Waals surface area (Å²) < 4.78 is 0. The van der Waals surface area contributed by atoms with Crippen molar-refractivity contribution in [3.63, 3.8) is 0 Å². The van der Waals surface area contributed by atoms with E-state index < -0.39 is 11.8 Å². The molecule has 1 aromatic heterocycles. The maximum atomic E-state index is 12.2. The largest absolute Gasteiger partial charge is 0.395 e. The first-order valence-electron chi connectivity index (χ1n) is 8.56. The third-order valence-electron chi connectivity index (χ3n) is 4.42. The van der Waals surface area contributed by atoms with Crippen molar-refractivity contribution in [2.24, 2.45) is 0 Å². The van der Waals surface area contributed by atoms with Gasteiger partial charge in [0.05, 0.1) is 18.7 Å². The van der Waals surface area contributed by atoms with Crippen LogP contribution >= 0.6 is 0 Å². The van der Waals surface area contributed by atoms with Crippen molar-refractivity contribution in [1.82, 2.24) is 9.88 Å². The van der Waals surface area contributed by atoms with Crippen molar-refractivity contribution in [1.29, 1.82) is 0 Å². The number of aliphatic hydroxyl groups is 1. The number of β-amino-alcohol motifs (C(OH)–C–C–N with tert-alkyl or cyclic N) is 1. The summed E-state index contributed by atoms with van der Waals surface area (Å²) in [5.41, 5.74) is 3.85. The van der Waals surface area contributed by atoms with Crippen LogP contribution in [-0.4, -0.2) is 40.0 Å². The van der Waals surface area contributed by atoms with Gasteiger partial charge in [-0.05, 0) is 29.8 Å². The minimum atomic E-state index is -0.433. The van der Waals surface area contributed by atoms with Crippen molar-refractivity contribution in [2.45, 2.75) is 0 Å². The fourth-order valence-electron chi connectivity index (χ4n) is 3.04. The number of aromatic nitrogens is 1. The smallest absolute Gasteiger partial charge is 0.277 e. The predicted molar refractivity (Wildman–Crippen MR) is 103 cm³/mol. The lowest BCUT2D eigenvalue weighted by molar-refractivity contribution is -0.137. The number of imide groups is 1. The molecule has 0 saturated carbocycles. The number of pyridine rings is 1. The number of carbonyl (C=O) groups excluding carboxylic acids is 2. The molecule has 2 amide bonds. The molecule has 2 aromatic carbocycles. The Labute approximate surface area is 155 Å². The number of anilines is 1. The normalized spacial score (nSPS) is 14.0. The van der Waals surface area contributed by atoms with Crippen LogP contribution in [0.3, 0.4) is 0 Å². The van der Waals surface area contributed by atoms with Crippen molar-refractivity contribution >= 4 is 28.4 Å². The number of fused-ring (bicyclic) bond motifs is 1. The van der Waals surface area contributed by atoms with E-state index in [2.05, 4.69) is 16.4 Å². The minimum absolute atomic E-state index is 0.00670. The molecule has 2 N–H and O–H groups in total. The van der Waals surface area contributed by atoms with E-state index in [0.717, 1.165) is 26.9 Å². The molecule has 27 heavy (non-hydrogen) atoms. The lowest BCUT2D eigenvalue weighted by Gasteiger charge is -2.13. The summed E-state index contributed by atoms with van der Waals surface area (Å²) >= 11 is 0. The molecule has 6 nitrogen and oxygen atoms in total. The topological polar surface area (TPSA) is 82.5 Å². The van der Waals surface area contributed by atoms with Gasteiger partial charge in [0.1, 0.15) is 5.70 Å². The van der Waals surface area contributed by atoms with Crippen LogP contribution in [0.25, 0.3) is 22.0 Å². The highest BCUT2D eigenvalue weighted by atomic mass is 16.3. The molecule has 0 atom stereocenters. The summed E-state index contributed by atoms with van der Waals surface area (Å²) in [5.74, 6) is -0.854. The Morgan fingerprint density at radius 1 is 1.00 bits per heavy atom. The molecule has 0 bridgehead atoms. The van der Waals surface area contributed by atoms with E-state index in [1.165, 1.54) is 6.08 Å². The van der Waals surface area contributed by atoms with Gasteiger partial charge < -0.3 is 10.4 Å². The van der Waals surface area contributed by atoms with Gasteiger partial charge in [-0.25, -0.2) is 0 Å². The number of para-hydroxylation sites is 1. The van der Waals surface area contributed by atoms with Crippen LogP contribution in [0.2, 0.25) is 0 Å². The highest BCUT2D eigenvalue weighted by Gasteiger charge is 2.30. The fraction of sp³-hybridized carbons (Fsp3) is 0.0952. The first kappa shape index (κ1) is 16.9. The number of aliphatic hydroxyl groups excluding tert-OH is 1. The van der Waals surface area contributed by atoms with Gasteiger partial charge in [-0.2, -0.15) is 0 Å². The van der Waals surface area contributed by atoms with Crippen LogP contribution in [-0.2, 0) is 9.59 Å². The number of carbonyl (C=O) groups is 2. The van der Waals surface area contributed by atoms with E-state index >= 15 is 0 Å². The van der Waals surface area contributed by atoms with Crippen LogP contribution in [0.1, 0.15) is 0 Å². The van der Waals surface area contributed by atoms with E-state index in [0.29, 0.717) is 5.69 Å². The molecule has 0 spiro atoms. The zero-order valence-corrected chi connectivity index (χ0v) is 14.4. The number of nitrogens with zero attached hydrogens (tertiary/aromatic N) is 2. The van der Waals surface area contributed by atoms with E-state index in [-0.39, 0.29) is 18.8 Å². The number of benzene rings is 2. The van der Waals surface area contributed by atoms with Gasteiger partial charge in [0.15, 0.2) is 0 Å². The number of hydrogen-bond acceptors (Lipinski definition) is 5. The average molecular weight is 359 g/mol. The van der Waals surface area contributed by atoms with Gasteiger partial charge in [-0.15, -0.1) is 0 Å². The molecule has 0 radical (unpaired) electrons. The Morgan fingerprint density at radius 2 is 1.78 bits per heavy atom. The van der Waals surface area contributed by atoms with Crippen molar-refractivity contribution in [3.05, 3.63) is 72.6 Å². The molecule has 1 aliphatic rings. The molecule has 0 unspecified atom stereocenters. The summed E-state index contributed by atoms with van der Waals surface area (Å²) in [4.78, 5) is 29.5. The molecule has 4 rings (SSSR count). The third kappa shape index (κ3) is 3.30. The predicted octanol–water partition coefficient (Wildman–Crippen LogP) is 2.56. The SMILES string of the molecule is O=C1C=C(Nc2ccc(-c3cnc4ccccc4c3)cc2)C(=O)N1CCO. The van der Waals surface area contributed by atoms with Crippen molar-refractivity contribution in [3.8, 4) is 11.1 Å². The van der Waals surface area contributed by atoms with E-state index in [9.17, 15) is 9.59 Å². The molecular weight excluding hydrogens is 342 g/mol. The maximum absolute atomic E-state index is 12.2. The van der Waals surface area contributed by atoms with E-state index in [1.807, 2.05) is 54.7 Å². The number of amides is 2. The number of hydrogen-bond donors (Lipinski definition) is 2. The standard InChI is InChI=1S/C21H17N3O3/c25-10-9-24-20(26)12-19(21(24)27)23-17-7-5-14(6-8-17)16-11-15-3-1-2-4-18(15)22-13-16/h1-8,11-13,23,25H,9-10H2. The molecule has 2 heterocycles. The maximum Gasteiger partial charge on any atom is 0.277 e. The number of nitrogens with one attached hydrogen (secondary N) is 1. The second-order valence-corrected chi connectivity index (χ2v) is 6.20. The second-order valence-electron chi connectivity index (χ2n) is 6.20. The van der Waals surface area contributed by atoms with Gasteiger partial charge in [-0.3, -0.25) is 19.5 Å². The summed E-state index contributed by atoms with van der Waals surface area (Å²) in [6, 6.07) is 17.6. The van der Waals surface area contributed by atoms with Gasteiger partial charge in [0.25, 0.3) is 11.8 Å². The summed E-state index contributed by atoms with van der Waals surface area (Å²) in [6.45, 7) is -0.264. The van der Waals surface area contributed by atoms with Gasteiger partial charge in [0, 0.05) is 28.9 Å². The highest BCUT2D eigenvalue weighted by molar-refractivity contribution is 6.17. The first-order valence-corrected chi connectivity index (χ1v) is 8.56. The first-order chi connectivity index (χ1) is 13.2. The van der Waals surface area contributed by atoms with E-state index in [4.69, 9.17) is 5.11 Å². The Kier molecular flexibility index (Phi) is 4.40. The van der Waals surface area contributed by atoms with Gasteiger partial charge >= 0.3 is 0 Å². The summed E-state index contributed by atoms with van der Waals surface area (Å²) in [5, 5.41) is 13.0. The molecule has 6 heteroatoms. The quantitative estimate of drug-likeness (QED) is 0.684. The Bertz CT molecular complexity index is 1060. The van der Waals surface area contributed by atoms with Crippen LogP contribution in [0, 0.1) is 0 Å². The second kappa shape index (κ2) is 7.01. The molecule has 1 aliphatic heterocycles. The Hall–Kier alpha value is -3.51. The number of rotatable bonds is 5. The molecular formula is C21H17N3O3. The molecule has 134 valence electrons. The van der Waals surface area contributed by atoms with Crippen LogP contribution in [0.15, 0.2) is 72.6 Å². The molecule has 3 aromatic rings. The van der Waals surface area contributed by atoms with Crippen LogP contribution in [0.4, 0.5) is 5.69 Å². The Morgan fingerprint density at radius 3 is 2.56 bits per heavy atom. The average Bonchev–Trinajstić information content (AvgIpc) is 2.96. The van der Waals surface area contributed by atoms with E-state index in [1.54, 1.807) is 0 Å². The minimum Gasteiger partial charge on any atom is -0.395 e. The zero-order chi connectivity index (χ0) is 18.8. The van der Waals surface area contributed by atoms with Gasteiger partial charge in [0.2, 0.25) is 0 Å².